The monoisotopic (exact) mass is 780 g/mol. The molecule has 288 valence electrons. The van der Waals surface area contributed by atoms with Gasteiger partial charge in [-0.3, -0.25) is 0 Å². The highest BCUT2D eigenvalue weighted by molar-refractivity contribution is 6.15. The highest BCUT2D eigenvalue weighted by Crippen LogP contribution is 2.50. The Kier molecular flexibility index (Phi) is 6.44. The molecule has 1 aliphatic heterocycles. The predicted octanol–water partition coefficient (Wildman–Crippen LogP) is 14.5. The van der Waals surface area contributed by atoms with E-state index >= 15 is 0 Å². The van der Waals surface area contributed by atoms with Crippen LogP contribution in [0, 0.1) is 0 Å². The normalized spacial score (nSPS) is 14.3. The summed E-state index contributed by atoms with van der Waals surface area (Å²) in [6.07, 6.45) is 6.83. The van der Waals surface area contributed by atoms with Crippen molar-refractivity contribution in [3.8, 4) is 22.7 Å². The molecule has 0 spiro atoms. The lowest BCUT2D eigenvalue weighted by atomic mass is 9.74. The molecule has 0 saturated carbocycles. The standard InChI is InChI=1S/C57H40N4/c1-57(2)46-33-36(59-50-23-11-5-17-40(50)41-18-6-12-24-51(41)59)28-30-55(46)61-54-29-27-35(58-48-21-9-3-15-38(48)39-16-4-10-22-49(39)58)31-44(54)45-32-37(34-47(57)56(45)61)60-52-25-13-7-19-42(52)43-20-8-14-26-53(43)60/h3-7,9-19,21-34H,8,20H2,1-2H3. The molecule has 14 rings (SSSR count). The summed E-state index contributed by atoms with van der Waals surface area (Å²) in [5.41, 5.74) is 18.6. The Labute approximate surface area is 352 Å². The molecule has 1 aliphatic carbocycles. The number of allylic oxidation sites excluding steroid dienone is 1. The smallest absolute Gasteiger partial charge is 0.0583 e. The highest BCUT2D eigenvalue weighted by Gasteiger charge is 2.37. The first-order valence-electron chi connectivity index (χ1n) is 21.6. The van der Waals surface area contributed by atoms with Crippen LogP contribution in [0.15, 0.2) is 176 Å². The maximum atomic E-state index is 2.57. The van der Waals surface area contributed by atoms with Gasteiger partial charge in [0.1, 0.15) is 0 Å². The second-order valence-electron chi connectivity index (χ2n) is 17.6. The first-order valence-corrected chi connectivity index (χ1v) is 21.6. The lowest BCUT2D eigenvalue weighted by molar-refractivity contribution is 0.629. The van der Waals surface area contributed by atoms with Crippen molar-refractivity contribution < 1.29 is 0 Å². The lowest BCUT2D eigenvalue weighted by Gasteiger charge is -2.35. The van der Waals surface area contributed by atoms with Gasteiger partial charge in [-0.2, -0.15) is 0 Å². The minimum Gasteiger partial charge on any atom is -0.310 e. The Morgan fingerprint density at radius 2 is 0.869 bits per heavy atom. The SMILES string of the molecule is CC1(C)c2cc(-n3c4ccccc4c4ccccc43)ccc2-n2c3ccc(-n4c5ccccc5c5ccccc54)cc3c3cc(-n4c5c(c6ccccc64)CCC=C5)cc1c32. The van der Waals surface area contributed by atoms with E-state index in [4.69, 9.17) is 0 Å². The second-order valence-corrected chi connectivity index (χ2v) is 17.6. The van der Waals surface area contributed by atoms with Gasteiger partial charge in [0.05, 0.1) is 44.3 Å². The van der Waals surface area contributed by atoms with E-state index in [0.29, 0.717) is 0 Å². The van der Waals surface area contributed by atoms with Crippen LogP contribution in [0.2, 0.25) is 0 Å². The molecule has 0 radical (unpaired) electrons. The van der Waals surface area contributed by atoms with E-state index < -0.39 is 0 Å². The van der Waals surface area contributed by atoms with Crippen LogP contribution in [0.5, 0.6) is 0 Å². The summed E-state index contributed by atoms with van der Waals surface area (Å²) in [5, 5.41) is 8.99. The van der Waals surface area contributed by atoms with Gasteiger partial charge in [-0.05, 0) is 114 Å². The van der Waals surface area contributed by atoms with E-state index in [9.17, 15) is 0 Å². The van der Waals surface area contributed by atoms with E-state index in [0.717, 1.165) is 12.8 Å². The van der Waals surface area contributed by atoms with Gasteiger partial charge < -0.3 is 18.3 Å². The van der Waals surface area contributed by atoms with Crippen LogP contribution in [0.25, 0.3) is 105 Å². The third-order valence-corrected chi connectivity index (χ3v) is 14.2. The van der Waals surface area contributed by atoms with Gasteiger partial charge in [-0.25, -0.2) is 0 Å². The van der Waals surface area contributed by atoms with Gasteiger partial charge in [0.15, 0.2) is 0 Å². The van der Waals surface area contributed by atoms with Gasteiger partial charge in [0.25, 0.3) is 0 Å². The maximum absolute atomic E-state index is 2.57. The molecule has 0 atom stereocenters. The van der Waals surface area contributed by atoms with Crippen molar-refractivity contribution in [3.05, 3.63) is 198 Å². The number of fused-ring (bicyclic) bond motifs is 14. The fourth-order valence-electron chi connectivity index (χ4n) is 11.5. The number of rotatable bonds is 3. The zero-order valence-corrected chi connectivity index (χ0v) is 34.0. The number of aryl methyl sites for hydroxylation is 1. The average Bonchev–Trinajstić information content (AvgIpc) is 4.03. The minimum atomic E-state index is -0.322. The quantitative estimate of drug-likeness (QED) is 0.170. The Morgan fingerprint density at radius 1 is 0.393 bits per heavy atom. The third kappa shape index (κ3) is 4.29. The largest absolute Gasteiger partial charge is 0.310 e. The Hall–Kier alpha value is -7.56. The number of para-hydroxylation sites is 5. The minimum absolute atomic E-state index is 0.322. The molecule has 61 heavy (non-hydrogen) atoms. The average molecular weight is 781 g/mol. The molecule has 5 heterocycles. The van der Waals surface area contributed by atoms with Crippen molar-refractivity contribution >= 4 is 82.4 Å². The Morgan fingerprint density at radius 3 is 1.48 bits per heavy atom. The van der Waals surface area contributed by atoms with Gasteiger partial charge in [0, 0.05) is 65.9 Å². The predicted molar refractivity (Wildman–Crippen MR) is 256 cm³/mol. The molecule has 12 aromatic rings. The van der Waals surface area contributed by atoms with Gasteiger partial charge in [-0.15, -0.1) is 0 Å². The fourth-order valence-corrected chi connectivity index (χ4v) is 11.5. The van der Waals surface area contributed by atoms with Crippen molar-refractivity contribution in [3.63, 3.8) is 0 Å². The third-order valence-electron chi connectivity index (χ3n) is 14.2. The maximum Gasteiger partial charge on any atom is 0.0583 e. The van der Waals surface area contributed by atoms with Gasteiger partial charge in [-0.1, -0.05) is 111 Å². The van der Waals surface area contributed by atoms with E-state index in [2.05, 4.69) is 214 Å². The molecular formula is C57H40N4. The van der Waals surface area contributed by atoms with Crippen molar-refractivity contribution in [2.24, 2.45) is 0 Å². The van der Waals surface area contributed by atoms with Crippen LogP contribution in [0.3, 0.4) is 0 Å². The molecule has 4 nitrogen and oxygen atoms in total. The molecule has 4 aromatic heterocycles. The van der Waals surface area contributed by atoms with Crippen molar-refractivity contribution in [1.29, 1.82) is 0 Å². The zero-order chi connectivity index (χ0) is 40.1. The first-order chi connectivity index (χ1) is 30.0. The molecule has 0 saturated heterocycles. The molecule has 0 fully saturated rings. The molecule has 0 bridgehead atoms. The van der Waals surface area contributed by atoms with Gasteiger partial charge in [0.2, 0.25) is 0 Å². The Balaban J connectivity index is 1.09. The summed E-state index contributed by atoms with van der Waals surface area (Å²) in [6, 6.07) is 63.6. The lowest BCUT2D eigenvalue weighted by Crippen LogP contribution is -2.27. The van der Waals surface area contributed by atoms with Crippen molar-refractivity contribution in [2.75, 3.05) is 0 Å². The zero-order valence-electron chi connectivity index (χ0n) is 34.0. The van der Waals surface area contributed by atoms with Crippen LogP contribution in [-0.4, -0.2) is 18.3 Å². The van der Waals surface area contributed by atoms with Crippen LogP contribution in [0.4, 0.5) is 0 Å². The number of aromatic nitrogens is 4. The van der Waals surface area contributed by atoms with Crippen LogP contribution < -0.4 is 0 Å². The summed E-state index contributed by atoms with van der Waals surface area (Å²) in [4.78, 5) is 0. The fraction of sp³-hybridized carbons (Fsp3) is 0.0877. The summed E-state index contributed by atoms with van der Waals surface area (Å²) in [7, 11) is 0. The molecular weight excluding hydrogens is 741 g/mol. The van der Waals surface area contributed by atoms with Crippen molar-refractivity contribution in [1.82, 2.24) is 18.3 Å². The summed E-state index contributed by atoms with van der Waals surface area (Å²) in [6.45, 7) is 4.88. The van der Waals surface area contributed by atoms with E-state index in [1.807, 2.05) is 0 Å². The molecule has 0 amide bonds. The van der Waals surface area contributed by atoms with E-state index in [1.165, 1.54) is 121 Å². The van der Waals surface area contributed by atoms with Crippen LogP contribution in [-0.2, 0) is 11.8 Å². The van der Waals surface area contributed by atoms with Gasteiger partial charge >= 0.3 is 0 Å². The highest BCUT2D eigenvalue weighted by atomic mass is 15.0. The topological polar surface area (TPSA) is 19.7 Å². The number of benzene rings is 8. The molecule has 0 N–H and O–H groups in total. The van der Waals surface area contributed by atoms with Crippen molar-refractivity contribution in [2.45, 2.75) is 32.1 Å². The van der Waals surface area contributed by atoms with Crippen LogP contribution in [0.1, 0.15) is 42.7 Å². The van der Waals surface area contributed by atoms with E-state index in [-0.39, 0.29) is 5.41 Å². The number of nitrogens with zero attached hydrogens (tertiary/aromatic N) is 4. The van der Waals surface area contributed by atoms with E-state index in [1.54, 1.807) is 0 Å². The summed E-state index contributed by atoms with van der Waals surface area (Å²) in [5.74, 6) is 0. The number of hydrogen-bond acceptors (Lipinski definition) is 0. The summed E-state index contributed by atoms with van der Waals surface area (Å²) >= 11 is 0. The van der Waals surface area contributed by atoms with Crippen LogP contribution >= 0.6 is 0 Å². The molecule has 4 heteroatoms. The molecule has 8 aromatic carbocycles. The Bertz CT molecular complexity index is 3810. The molecule has 0 unspecified atom stereocenters. The molecule has 2 aliphatic rings. The number of hydrogen-bond donors (Lipinski definition) is 0. The summed E-state index contributed by atoms with van der Waals surface area (Å²) < 4.78 is 10.0. The second kappa shape index (κ2) is 11.8. The first kappa shape index (κ1) is 33.3.